The van der Waals surface area contributed by atoms with Crippen molar-refractivity contribution >= 4 is 15.9 Å². The number of nitrogens with zero attached hydrogens (tertiary/aromatic N) is 2. The van der Waals surface area contributed by atoms with E-state index in [4.69, 9.17) is 0 Å². The molecule has 0 radical (unpaired) electrons. The van der Waals surface area contributed by atoms with Crippen molar-refractivity contribution in [3.63, 3.8) is 0 Å². The van der Waals surface area contributed by atoms with E-state index >= 15 is 0 Å². The summed E-state index contributed by atoms with van der Waals surface area (Å²) in [5.41, 5.74) is 1.31. The van der Waals surface area contributed by atoms with Gasteiger partial charge in [-0.25, -0.2) is 0 Å². The van der Waals surface area contributed by atoms with Crippen LogP contribution in [0.4, 0.5) is 0 Å². The minimum atomic E-state index is 0.463. The summed E-state index contributed by atoms with van der Waals surface area (Å²) in [6.07, 6.45) is 7.64. The lowest BCUT2D eigenvalue weighted by Crippen LogP contribution is -2.23. The van der Waals surface area contributed by atoms with Crippen molar-refractivity contribution in [3.8, 4) is 0 Å². The first-order valence-electron chi connectivity index (χ1n) is 6.58. The second kappa shape index (κ2) is 4.39. The fourth-order valence-corrected chi connectivity index (χ4v) is 4.42. The van der Waals surface area contributed by atoms with Crippen molar-refractivity contribution in [2.45, 2.75) is 31.7 Å². The van der Waals surface area contributed by atoms with Crippen molar-refractivity contribution in [2.75, 3.05) is 7.05 Å². The molecule has 0 saturated heterocycles. The summed E-state index contributed by atoms with van der Waals surface area (Å²) in [7, 11) is 4.12. The summed E-state index contributed by atoms with van der Waals surface area (Å²) < 4.78 is 3.15. The summed E-state index contributed by atoms with van der Waals surface area (Å²) in [4.78, 5) is 0. The van der Waals surface area contributed by atoms with Crippen LogP contribution >= 0.6 is 15.9 Å². The Hall–Kier alpha value is -0.350. The number of fused-ring (bicyclic) bond motifs is 1. The van der Waals surface area contributed by atoms with Gasteiger partial charge in [-0.15, -0.1) is 0 Å². The minimum Gasteiger partial charge on any atom is -0.311 e. The molecule has 1 aromatic rings. The van der Waals surface area contributed by atoms with E-state index in [0.29, 0.717) is 6.04 Å². The van der Waals surface area contributed by atoms with Gasteiger partial charge in [0.2, 0.25) is 0 Å². The topological polar surface area (TPSA) is 29.9 Å². The number of rotatable bonds is 3. The highest BCUT2D eigenvalue weighted by atomic mass is 79.9. The fourth-order valence-electron chi connectivity index (χ4n) is 3.82. The Labute approximate surface area is 111 Å². The van der Waals surface area contributed by atoms with Crippen LogP contribution in [0, 0.1) is 17.8 Å². The summed E-state index contributed by atoms with van der Waals surface area (Å²) in [6.45, 7) is 0. The Kier molecular flexibility index (Phi) is 3.03. The predicted molar refractivity (Wildman–Crippen MR) is 71.6 cm³/mol. The average molecular weight is 298 g/mol. The summed E-state index contributed by atoms with van der Waals surface area (Å²) in [5.74, 6) is 2.75. The maximum absolute atomic E-state index is 4.34. The van der Waals surface area contributed by atoms with Crippen LogP contribution in [-0.2, 0) is 7.05 Å². The normalized spacial score (nSPS) is 33.2. The van der Waals surface area contributed by atoms with Gasteiger partial charge in [0.15, 0.2) is 0 Å². The number of hydrogen-bond acceptors (Lipinski definition) is 2. The van der Waals surface area contributed by atoms with E-state index in [0.717, 1.165) is 22.2 Å². The molecule has 94 valence electrons. The number of halogens is 1. The van der Waals surface area contributed by atoms with Crippen LogP contribution in [0.2, 0.25) is 0 Å². The van der Waals surface area contributed by atoms with E-state index in [-0.39, 0.29) is 0 Å². The molecule has 0 aliphatic heterocycles. The largest absolute Gasteiger partial charge is 0.311 e. The third-order valence-electron chi connectivity index (χ3n) is 4.65. The van der Waals surface area contributed by atoms with Crippen LogP contribution in [0.25, 0.3) is 0 Å². The van der Waals surface area contributed by atoms with Crippen molar-refractivity contribution < 1.29 is 0 Å². The number of aryl methyl sites for hydroxylation is 1. The molecule has 4 heteroatoms. The molecule has 0 spiro atoms. The van der Waals surface area contributed by atoms with Crippen LogP contribution in [0.15, 0.2) is 10.7 Å². The average Bonchev–Trinajstić information content (AvgIpc) is 2.97. The van der Waals surface area contributed by atoms with Gasteiger partial charge in [0.1, 0.15) is 0 Å². The zero-order valence-electron chi connectivity index (χ0n) is 10.5. The quantitative estimate of drug-likeness (QED) is 0.930. The van der Waals surface area contributed by atoms with Gasteiger partial charge < -0.3 is 5.32 Å². The van der Waals surface area contributed by atoms with Gasteiger partial charge in [-0.05, 0) is 53.6 Å². The lowest BCUT2D eigenvalue weighted by atomic mass is 10.0. The molecule has 1 N–H and O–H groups in total. The van der Waals surface area contributed by atoms with Crippen LogP contribution in [-0.4, -0.2) is 16.8 Å². The third-order valence-corrected chi connectivity index (χ3v) is 5.26. The Balaban J connectivity index is 1.85. The van der Waals surface area contributed by atoms with Gasteiger partial charge in [-0.1, -0.05) is 12.8 Å². The molecular weight excluding hydrogens is 278 g/mol. The summed E-state index contributed by atoms with van der Waals surface area (Å²) in [6, 6.07) is 0.463. The van der Waals surface area contributed by atoms with E-state index in [9.17, 15) is 0 Å². The van der Waals surface area contributed by atoms with Crippen molar-refractivity contribution in [1.82, 2.24) is 15.1 Å². The molecule has 0 amide bonds. The Morgan fingerprint density at radius 3 is 2.53 bits per heavy atom. The van der Waals surface area contributed by atoms with Crippen molar-refractivity contribution in [1.29, 1.82) is 0 Å². The van der Waals surface area contributed by atoms with Gasteiger partial charge >= 0.3 is 0 Å². The highest BCUT2D eigenvalue weighted by molar-refractivity contribution is 9.10. The standard InChI is InChI=1S/C13H20BrN3/c1-15-12(13-10(14)7-16-17(13)2)11-8-5-3-4-6-9(8)11/h7-9,11-12,15H,3-6H2,1-2H3. The van der Waals surface area contributed by atoms with Crippen molar-refractivity contribution in [3.05, 3.63) is 16.4 Å². The first-order chi connectivity index (χ1) is 8.24. The lowest BCUT2D eigenvalue weighted by molar-refractivity contribution is 0.449. The van der Waals surface area contributed by atoms with Gasteiger partial charge in [0, 0.05) is 7.05 Å². The number of nitrogens with one attached hydrogen (secondary N) is 1. The fraction of sp³-hybridized carbons (Fsp3) is 0.769. The van der Waals surface area contributed by atoms with E-state index in [2.05, 4.69) is 33.4 Å². The van der Waals surface area contributed by atoms with Gasteiger partial charge in [-0.2, -0.15) is 5.10 Å². The molecule has 17 heavy (non-hydrogen) atoms. The molecule has 2 aliphatic rings. The summed E-state index contributed by atoms with van der Waals surface area (Å²) >= 11 is 3.63. The molecule has 3 nitrogen and oxygen atoms in total. The Bertz CT molecular complexity index is 383. The van der Waals surface area contributed by atoms with E-state index in [1.165, 1.54) is 31.4 Å². The Morgan fingerprint density at radius 2 is 2.06 bits per heavy atom. The zero-order valence-corrected chi connectivity index (χ0v) is 12.1. The molecule has 1 heterocycles. The van der Waals surface area contributed by atoms with Crippen LogP contribution in [0.1, 0.15) is 37.4 Å². The van der Waals surface area contributed by atoms with Crippen LogP contribution in [0.3, 0.4) is 0 Å². The zero-order chi connectivity index (χ0) is 12.0. The second-order valence-corrected chi connectivity index (χ2v) is 6.31. The van der Waals surface area contributed by atoms with Crippen LogP contribution < -0.4 is 5.32 Å². The summed E-state index contributed by atoms with van der Waals surface area (Å²) in [5, 5.41) is 7.86. The Morgan fingerprint density at radius 1 is 1.41 bits per heavy atom. The SMILES string of the molecule is CNC(c1c(Br)cnn1C)C1C2CCCCC21. The third kappa shape index (κ3) is 1.85. The molecule has 0 bridgehead atoms. The maximum atomic E-state index is 4.34. The van der Waals surface area contributed by atoms with E-state index < -0.39 is 0 Å². The lowest BCUT2D eigenvalue weighted by Gasteiger charge is -2.17. The molecule has 2 saturated carbocycles. The minimum absolute atomic E-state index is 0.463. The monoisotopic (exact) mass is 297 g/mol. The highest BCUT2D eigenvalue weighted by Crippen LogP contribution is 2.60. The first kappa shape index (κ1) is 11.7. The first-order valence-corrected chi connectivity index (χ1v) is 7.38. The van der Waals surface area contributed by atoms with E-state index in [1.54, 1.807) is 0 Å². The van der Waals surface area contributed by atoms with Gasteiger partial charge in [0.05, 0.1) is 22.4 Å². The smallest absolute Gasteiger partial charge is 0.0695 e. The molecule has 3 rings (SSSR count). The number of aromatic nitrogens is 2. The van der Waals surface area contributed by atoms with Gasteiger partial charge in [-0.3, -0.25) is 4.68 Å². The van der Waals surface area contributed by atoms with Gasteiger partial charge in [0.25, 0.3) is 0 Å². The highest BCUT2D eigenvalue weighted by Gasteiger charge is 2.54. The van der Waals surface area contributed by atoms with Crippen molar-refractivity contribution in [2.24, 2.45) is 24.8 Å². The second-order valence-electron chi connectivity index (χ2n) is 5.46. The molecular formula is C13H20BrN3. The molecule has 1 aromatic heterocycles. The molecule has 3 unspecified atom stereocenters. The van der Waals surface area contributed by atoms with Crippen LogP contribution in [0.5, 0.6) is 0 Å². The predicted octanol–water partition coefficient (Wildman–Crippen LogP) is 2.88. The molecule has 2 fully saturated rings. The van der Waals surface area contributed by atoms with E-state index in [1.807, 2.05) is 17.9 Å². The number of hydrogen-bond donors (Lipinski definition) is 1. The molecule has 0 aromatic carbocycles. The molecule has 3 atom stereocenters. The molecule has 2 aliphatic carbocycles. The maximum Gasteiger partial charge on any atom is 0.0695 e.